The van der Waals surface area contributed by atoms with E-state index in [9.17, 15) is 31.1 Å². The van der Waals surface area contributed by atoms with Crippen molar-refractivity contribution in [1.82, 2.24) is 0 Å². The van der Waals surface area contributed by atoms with Gasteiger partial charge in [-0.05, 0) is 18.6 Å². The van der Waals surface area contributed by atoms with Gasteiger partial charge >= 0.3 is 11.8 Å². The highest BCUT2D eigenvalue weighted by Gasteiger charge is 2.68. The number of aryl methyl sites for hydroxylation is 1. The van der Waals surface area contributed by atoms with Crippen molar-refractivity contribution in [3.8, 4) is 0 Å². The van der Waals surface area contributed by atoms with Gasteiger partial charge in [0, 0.05) is 11.3 Å². The minimum atomic E-state index is -6.02. The molecule has 2 N–H and O–H groups in total. The number of hydrogen-bond donors (Lipinski definition) is 1. The number of benzene rings is 1. The highest BCUT2D eigenvalue weighted by atomic mass is 19.4. The molecule has 0 aliphatic carbocycles. The largest absolute Gasteiger partial charge is 0.435 e. The first-order valence-electron chi connectivity index (χ1n) is 4.96. The third-order valence-electron chi connectivity index (χ3n) is 2.59. The molecule has 1 unspecified atom stereocenters. The molecule has 0 bridgehead atoms. The van der Waals surface area contributed by atoms with Crippen LogP contribution in [0.2, 0.25) is 0 Å². The summed E-state index contributed by atoms with van der Waals surface area (Å²) >= 11 is 0. The molecule has 1 atom stereocenters. The first kappa shape index (κ1) is 15.3. The molecule has 8 heteroatoms. The standard InChI is InChI=1S/C11H9F6NO/c1-5-2-3-6(4-7(5)18)8(19)10(14,9(12)13)11(15,16)17/h2-4,9H,18H2,1H3. The zero-order valence-corrected chi connectivity index (χ0v) is 9.56. The third kappa shape index (κ3) is 2.52. The molecule has 2 nitrogen and oxygen atoms in total. The second-order valence-electron chi connectivity index (χ2n) is 3.91. The van der Waals surface area contributed by atoms with Crippen LogP contribution in [0.5, 0.6) is 0 Å². The van der Waals surface area contributed by atoms with E-state index in [2.05, 4.69) is 0 Å². The van der Waals surface area contributed by atoms with E-state index >= 15 is 0 Å². The molecular formula is C11H9F6NO. The Morgan fingerprint density at radius 3 is 2.11 bits per heavy atom. The van der Waals surface area contributed by atoms with Crippen LogP contribution >= 0.6 is 0 Å². The molecule has 0 aliphatic heterocycles. The Bertz CT molecular complexity index is 498. The van der Waals surface area contributed by atoms with Crippen LogP contribution in [0, 0.1) is 6.92 Å². The van der Waals surface area contributed by atoms with E-state index < -0.39 is 29.6 Å². The van der Waals surface area contributed by atoms with Gasteiger partial charge in [0.1, 0.15) is 0 Å². The fourth-order valence-corrected chi connectivity index (χ4v) is 1.34. The Kier molecular flexibility index (Phi) is 3.83. The van der Waals surface area contributed by atoms with Crippen molar-refractivity contribution < 1.29 is 31.1 Å². The van der Waals surface area contributed by atoms with Gasteiger partial charge < -0.3 is 5.73 Å². The summed E-state index contributed by atoms with van der Waals surface area (Å²) in [5.74, 6) is -2.36. The molecule has 0 saturated carbocycles. The maximum absolute atomic E-state index is 13.5. The Morgan fingerprint density at radius 2 is 1.74 bits per heavy atom. The van der Waals surface area contributed by atoms with E-state index in [1.165, 1.54) is 6.92 Å². The normalized spacial score (nSPS) is 15.4. The summed E-state index contributed by atoms with van der Waals surface area (Å²) < 4.78 is 75.3. The second kappa shape index (κ2) is 4.75. The van der Waals surface area contributed by atoms with Crippen molar-refractivity contribution >= 4 is 11.5 Å². The van der Waals surface area contributed by atoms with Crippen molar-refractivity contribution in [2.45, 2.75) is 25.2 Å². The van der Waals surface area contributed by atoms with Crippen LogP contribution in [0.1, 0.15) is 15.9 Å². The molecule has 0 radical (unpaired) electrons. The molecule has 1 aromatic rings. The van der Waals surface area contributed by atoms with Crippen LogP contribution in [0.25, 0.3) is 0 Å². The summed E-state index contributed by atoms with van der Waals surface area (Å²) in [5, 5.41) is 0. The Hall–Kier alpha value is -1.73. The number of anilines is 1. The minimum absolute atomic E-state index is 0.0929. The first-order valence-corrected chi connectivity index (χ1v) is 4.96. The molecule has 0 heterocycles. The Balaban J connectivity index is 3.33. The lowest BCUT2D eigenvalue weighted by atomic mass is 9.93. The molecule has 0 aromatic heterocycles. The number of halogens is 6. The number of alkyl halides is 6. The summed E-state index contributed by atoms with van der Waals surface area (Å²) in [7, 11) is 0. The smallest absolute Gasteiger partial charge is 0.398 e. The lowest BCUT2D eigenvalue weighted by Crippen LogP contribution is -2.53. The quantitative estimate of drug-likeness (QED) is 0.526. The molecule has 0 saturated heterocycles. The number of hydrogen-bond acceptors (Lipinski definition) is 2. The van der Waals surface area contributed by atoms with Gasteiger partial charge in [0.2, 0.25) is 5.78 Å². The molecule has 0 aliphatic rings. The summed E-state index contributed by atoms with van der Waals surface area (Å²) in [6.45, 7) is 1.49. The maximum Gasteiger partial charge on any atom is 0.435 e. The zero-order valence-electron chi connectivity index (χ0n) is 9.56. The topological polar surface area (TPSA) is 43.1 Å². The van der Waals surface area contributed by atoms with Crippen LogP contribution in [-0.4, -0.2) is 24.1 Å². The monoisotopic (exact) mass is 285 g/mol. The fraction of sp³-hybridized carbons (Fsp3) is 0.364. The fourth-order valence-electron chi connectivity index (χ4n) is 1.34. The van der Waals surface area contributed by atoms with Gasteiger partial charge in [0.15, 0.2) is 0 Å². The Labute approximate surface area is 104 Å². The van der Waals surface area contributed by atoms with Crippen LogP contribution in [0.15, 0.2) is 18.2 Å². The third-order valence-corrected chi connectivity index (χ3v) is 2.59. The summed E-state index contributed by atoms with van der Waals surface area (Å²) in [6, 6.07) is 2.70. The lowest BCUT2D eigenvalue weighted by Gasteiger charge is -2.25. The van der Waals surface area contributed by atoms with E-state index in [0.717, 1.165) is 18.2 Å². The van der Waals surface area contributed by atoms with E-state index in [1.807, 2.05) is 0 Å². The first-order chi connectivity index (χ1) is 8.51. The highest BCUT2D eigenvalue weighted by Crippen LogP contribution is 2.41. The predicted molar refractivity (Wildman–Crippen MR) is 55.8 cm³/mol. The predicted octanol–water partition coefficient (Wildman–Crippen LogP) is 3.30. The molecule has 19 heavy (non-hydrogen) atoms. The lowest BCUT2D eigenvalue weighted by molar-refractivity contribution is -0.244. The summed E-state index contributed by atoms with van der Waals surface area (Å²) in [4.78, 5) is 11.4. The van der Waals surface area contributed by atoms with E-state index in [-0.39, 0.29) is 5.69 Å². The maximum atomic E-state index is 13.5. The number of nitrogen functional groups attached to an aromatic ring is 1. The van der Waals surface area contributed by atoms with Crippen molar-refractivity contribution in [3.63, 3.8) is 0 Å². The minimum Gasteiger partial charge on any atom is -0.398 e. The number of carbonyl (C=O) groups is 1. The number of rotatable bonds is 3. The van der Waals surface area contributed by atoms with Crippen molar-refractivity contribution in [2.24, 2.45) is 0 Å². The number of Topliss-reactive ketones (excluding diaryl/α,β-unsaturated/α-hetero) is 1. The second-order valence-corrected chi connectivity index (χ2v) is 3.91. The average Bonchev–Trinajstić information content (AvgIpc) is 2.28. The summed E-state index contributed by atoms with van der Waals surface area (Å²) in [6.07, 6.45) is -10.5. The number of ketones is 1. The van der Waals surface area contributed by atoms with Gasteiger partial charge in [-0.25, -0.2) is 13.2 Å². The molecule has 0 fully saturated rings. The highest BCUT2D eigenvalue weighted by molar-refractivity contribution is 6.04. The van der Waals surface area contributed by atoms with Gasteiger partial charge in [0.25, 0.3) is 6.43 Å². The number of carbonyl (C=O) groups excluding carboxylic acids is 1. The molecule has 1 rings (SSSR count). The van der Waals surface area contributed by atoms with Crippen molar-refractivity contribution in [3.05, 3.63) is 29.3 Å². The van der Waals surface area contributed by atoms with Gasteiger partial charge in [-0.3, -0.25) is 4.79 Å². The zero-order chi connectivity index (χ0) is 15.0. The molecule has 106 valence electrons. The van der Waals surface area contributed by atoms with E-state index in [4.69, 9.17) is 5.73 Å². The van der Waals surface area contributed by atoms with Gasteiger partial charge in [-0.15, -0.1) is 0 Å². The van der Waals surface area contributed by atoms with Gasteiger partial charge in [0.05, 0.1) is 0 Å². The van der Waals surface area contributed by atoms with Crippen LogP contribution in [0.4, 0.5) is 32.0 Å². The van der Waals surface area contributed by atoms with Gasteiger partial charge in [-0.1, -0.05) is 12.1 Å². The average molecular weight is 285 g/mol. The number of nitrogens with two attached hydrogens (primary N) is 1. The molecule has 0 amide bonds. The van der Waals surface area contributed by atoms with Crippen molar-refractivity contribution in [2.75, 3.05) is 5.73 Å². The molecule has 0 spiro atoms. The summed E-state index contributed by atoms with van der Waals surface area (Å²) in [5.41, 5.74) is -0.428. The van der Waals surface area contributed by atoms with E-state index in [0.29, 0.717) is 5.56 Å². The molecular weight excluding hydrogens is 276 g/mol. The van der Waals surface area contributed by atoms with Crippen LogP contribution in [0.3, 0.4) is 0 Å². The van der Waals surface area contributed by atoms with Crippen LogP contribution in [-0.2, 0) is 0 Å². The van der Waals surface area contributed by atoms with Crippen molar-refractivity contribution in [1.29, 1.82) is 0 Å². The molecule has 1 aromatic carbocycles. The van der Waals surface area contributed by atoms with E-state index in [1.54, 1.807) is 0 Å². The SMILES string of the molecule is Cc1ccc(C(=O)C(F)(C(F)F)C(F)(F)F)cc1N. The Morgan fingerprint density at radius 1 is 1.21 bits per heavy atom. The van der Waals surface area contributed by atoms with Gasteiger partial charge in [-0.2, -0.15) is 13.2 Å². The van der Waals surface area contributed by atoms with Crippen LogP contribution < -0.4 is 5.73 Å².